The lowest BCUT2D eigenvalue weighted by Gasteiger charge is -2.28. The number of hydrogen-bond donors (Lipinski definition) is 1. The largest absolute Gasteiger partial charge is 0.598 e. The minimum absolute atomic E-state index is 0.0432. The van der Waals surface area contributed by atoms with Gasteiger partial charge in [0.25, 0.3) is 0 Å². The molecule has 1 aromatic carbocycles. The summed E-state index contributed by atoms with van der Waals surface area (Å²) in [6.45, 7) is 7.90. The van der Waals surface area contributed by atoms with Crippen molar-refractivity contribution < 1.29 is 4.55 Å². The van der Waals surface area contributed by atoms with Gasteiger partial charge in [0.15, 0.2) is 0 Å². The quantitative estimate of drug-likeness (QED) is 0.614. The summed E-state index contributed by atoms with van der Waals surface area (Å²) in [6, 6.07) is 5.57. The fourth-order valence-corrected chi connectivity index (χ4v) is 3.46. The molecule has 22 heavy (non-hydrogen) atoms. The smallest absolute Gasteiger partial charge is 0.136 e. The van der Waals surface area contributed by atoms with Crippen molar-refractivity contribution in [2.45, 2.75) is 44.9 Å². The van der Waals surface area contributed by atoms with Gasteiger partial charge < -0.3 is 4.55 Å². The van der Waals surface area contributed by atoms with E-state index < -0.39 is 11.4 Å². The first-order valence-corrected chi connectivity index (χ1v) is 9.06. The molecule has 0 radical (unpaired) electrons. The van der Waals surface area contributed by atoms with Crippen molar-refractivity contribution >= 4 is 45.3 Å². The van der Waals surface area contributed by atoms with E-state index >= 15 is 0 Å². The van der Waals surface area contributed by atoms with Crippen molar-refractivity contribution in [1.82, 2.24) is 9.71 Å². The van der Waals surface area contributed by atoms with Crippen LogP contribution < -0.4 is 4.72 Å². The van der Waals surface area contributed by atoms with E-state index in [2.05, 4.69) is 16.6 Å². The molecule has 0 spiro atoms. The Kier molecular flexibility index (Phi) is 5.62. The van der Waals surface area contributed by atoms with Crippen LogP contribution in [0.2, 0.25) is 10.2 Å². The minimum Gasteiger partial charge on any atom is -0.598 e. The number of rotatable bonds is 4. The van der Waals surface area contributed by atoms with Crippen LogP contribution in [0, 0.1) is 0 Å². The normalized spacial score (nSPS) is 15.0. The molecule has 0 aliphatic carbocycles. The molecule has 2 atom stereocenters. The number of fused-ring (bicyclic) bond motifs is 1. The van der Waals surface area contributed by atoms with Gasteiger partial charge in [-0.05, 0) is 50.3 Å². The first-order valence-electron chi connectivity index (χ1n) is 7.15. The maximum Gasteiger partial charge on any atom is 0.136 e. The van der Waals surface area contributed by atoms with Gasteiger partial charge in [0.1, 0.15) is 9.90 Å². The van der Waals surface area contributed by atoms with E-state index in [9.17, 15) is 4.55 Å². The summed E-state index contributed by atoms with van der Waals surface area (Å²) in [7, 11) is 0. The highest BCUT2D eigenvalue weighted by Gasteiger charge is 2.29. The molecule has 2 unspecified atom stereocenters. The van der Waals surface area contributed by atoms with Crippen LogP contribution in [0.25, 0.3) is 10.8 Å². The number of aromatic nitrogens is 1. The van der Waals surface area contributed by atoms with Gasteiger partial charge in [-0.15, -0.1) is 4.72 Å². The topological polar surface area (TPSA) is 48.0 Å². The summed E-state index contributed by atoms with van der Waals surface area (Å²) in [6.07, 6.45) is 2.48. The first-order chi connectivity index (χ1) is 10.2. The zero-order valence-electron chi connectivity index (χ0n) is 13.1. The fourth-order valence-electron chi connectivity index (χ4n) is 2.18. The van der Waals surface area contributed by atoms with Crippen molar-refractivity contribution in [3.05, 3.63) is 40.1 Å². The molecule has 0 aliphatic rings. The second-order valence-electron chi connectivity index (χ2n) is 6.15. The molecule has 0 saturated carbocycles. The number of halogens is 2. The summed E-state index contributed by atoms with van der Waals surface area (Å²) in [4.78, 5) is 4.10. The molecule has 0 aliphatic heterocycles. The Labute approximate surface area is 144 Å². The van der Waals surface area contributed by atoms with Gasteiger partial charge in [0, 0.05) is 28.0 Å². The Morgan fingerprint density at radius 2 is 1.95 bits per heavy atom. The van der Waals surface area contributed by atoms with Gasteiger partial charge in [-0.25, -0.2) is 4.98 Å². The summed E-state index contributed by atoms with van der Waals surface area (Å²) in [5, 5.41) is 2.85. The standard InChI is InChI=1S/C16H20Cl2N2OS/c1-5-14(20-22(21)16(2,3)4)10-6-7-13(17)12-9-19-15(18)8-11(10)12/h6-9,14,20H,5H2,1-4H3. The van der Waals surface area contributed by atoms with Crippen molar-refractivity contribution in [1.29, 1.82) is 0 Å². The third kappa shape index (κ3) is 3.87. The molecular weight excluding hydrogens is 339 g/mol. The summed E-state index contributed by atoms with van der Waals surface area (Å²) in [5.41, 5.74) is 1.03. The van der Waals surface area contributed by atoms with Crippen LogP contribution >= 0.6 is 23.2 Å². The maximum absolute atomic E-state index is 12.4. The monoisotopic (exact) mass is 358 g/mol. The highest BCUT2D eigenvalue weighted by Crippen LogP contribution is 2.33. The predicted molar refractivity (Wildman–Crippen MR) is 95.8 cm³/mol. The van der Waals surface area contributed by atoms with E-state index in [1.54, 1.807) is 6.20 Å². The average molecular weight is 359 g/mol. The molecular formula is C16H20Cl2N2OS. The van der Waals surface area contributed by atoms with E-state index in [1.807, 2.05) is 39.0 Å². The van der Waals surface area contributed by atoms with Gasteiger partial charge in [0.2, 0.25) is 0 Å². The van der Waals surface area contributed by atoms with Crippen molar-refractivity contribution in [2.24, 2.45) is 0 Å². The molecule has 6 heteroatoms. The highest BCUT2D eigenvalue weighted by atomic mass is 35.5. The van der Waals surface area contributed by atoms with Crippen LogP contribution in [0.5, 0.6) is 0 Å². The molecule has 0 saturated heterocycles. The number of hydrogen-bond acceptors (Lipinski definition) is 3. The van der Waals surface area contributed by atoms with Crippen LogP contribution in [-0.2, 0) is 11.4 Å². The van der Waals surface area contributed by atoms with Crippen LogP contribution in [0.4, 0.5) is 0 Å². The molecule has 120 valence electrons. The Balaban J connectivity index is 2.47. The number of benzene rings is 1. The minimum atomic E-state index is -1.15. The summed E-state index contributed by atoms with van der Waals surface area (Å²) < 4.78 is 15.3. The molecule has 2 rings (SSSR count). The lowest BCUT2D eigenvalue weighted by atomic mass is 9.99. The molecule has 1 N–H and O–H groups in total. The van der Waals surface area contributed by atoms with E-state index in [0.717, 1.165) is 22.8 Å². The van der Waals surface area contributed by atoms with Crippen molar-refractivity contribution in [3.8, 4) is 0 Å². The Morgan fingerprint density at radius 1 is 1.27 bits per heavy atom. The second kappa shape index (κ2) is 6.93. The van der Waals surface area contributed by atoms with Gasteiger partial charge >= 0.3 is 0 Å². The van der Waals surface area contributed by atoms with Crippen LogP contribution in [0.1, 0.15) is 45.7 Å². The SMILES string of the molecule is CCC(N[S+]([O-])C(C)(C)C)c1ccc(Cl)c2cnc(Cl)cc12. The number of nitrogens with one attached hydrogen (secondary N) is 1. The zero-order valence-corrected chi connectivity index (χ0v) is 15.4. The average Bonchev–Trinajstić information content (AvgIpc) is 2.44. The predicted octanol–water partition coefficient (Wildman–Crippen LogP) is 5.04. The third-order valence-electron chi connectivity index (χ3n) is 3.44. The second-order valence-corrected chi connectivity index (χ2v) is 8.94. The van der Waals surface area contributed by atoms with Crippen molar-refractivity contribution in [2.75, 3.05) is 0 Å². The Morgan fingerprint density at radius 3 is 2.55 bits per heavy atom. The summed E-state index contributed by atoms with van der Waals surface area (Å²) in [5.74, 6) is 0. The molecule has 1 heterocycles. The highest BCUT2D eigenvalue weighted by molar-refractivity contribution is 7.90. The van der Waals surface area contributed by atoms with E-state index in [4.69, 9.17) is 23.2 Å². The molecule has 1 aromatic heterocycles. The van der Waals surface area contributed by atoms with Crippen molar-refractivity contribution in [3.63, 3.8) is 0 Å². The Bertz CT molecular complexity index is 673. The van der Waals surface area contributed by atoms with Crippen LogP contribution in [-0.4, -0.2) is 14.3 Å². The number of pyridine rings is 1. The Hall–Kier alpha value is -0.520. The lowest BCUT2D eigenvalue weighted by Crippen LogP contribution is -2.41. The van der Waals surface area contributed by atoms with Gasteiger partial charge in [0.05, 0.1) is 6.04 Å². The molecule has 0 fully saturated rings. The molecule has 0 amide bonds. The first kappa shape index (κ1) is 17.8. The molecule has 3 nitrogen and oxygen atoms in total. The lowest BCUT2D eigenvalue weighted by molar-refractivity contribution is 0.520. The molecule has 2 aromatic rings. The van der Waals surface area contributed by atoms with E-state index in [-0.39, 0.29) is 10.8 Å². The zero-order chi connectivity index (χ0) is 16.5. The summed E-state index contributed by atoms with van der Waals surface area (Å²) >= 11 is 11.1. The van der Waals surface area contributed by atoms with Gasteiger partial charge in [-0.3, -0.25) is 0 Å². The molecule has 0 bridgehead atoms. The third-order valence-corrected chi connectivity index (χ3v) is 5.58. The maximum atomic E-state index is 12.4. The van der Waals surface area contributed by atoms with E-state index in [0.29, 0.717) is 10.2 Å². The van der Waals surface area contributed by atoms with E-state index in [1.165, 1.54) is 0 Å². The number of nitrogens with zero attached hydrogens (tertiary/aromatic N) is 1. The van der Waals surface area contributed by atoms with Gasteiger partial charge in [-0.2, -0.15) is 0 Å². The fraction of sp³-hybridized carbons (Fsp3) is 0.438. The van der Waals surface area contributed by atoms with Crippen LogP contribution in [0.3, 0.4) is 0 Å². The van der Waals surface area contributed by atoms with Gasteiger partial charge in [-0.1, -0.05) is 36.2 Å². The van der Waals surface area contributed by atoms with Crippen LogP contribution in [0.15, 0.2) is 24.4 Å².